The normalized spacial score (nSPS) is 16.2. The highest BCUT2D eigenvalue weighted by molar-refractivity contribution is 5.94. The molecule has 132 valence electrons. The molecule has 1 atom stereocenters. The van der Waals surface area contributed by atoms with Crippen molar-refractivity contribution in [1.29, 1.82) is 0 Å². The zero-order chi connectivity index (χ0) is 17.5. The van der Waals surface area contributed by atoms with Gasteiger partial charge in [-0.2, -0.15) is 0 Å². The van der Waals surface area contributed by atoms with Crippen LogP contribution in [0.5, 0.6) is 11.5 Å². The number of piperidine rings is 1. The fraction of sp³-hybridized carbons (Fsp3) is 0.400. The van der Waals surface area contributed by atoms with Crippen LogP contribution in [0.4, 0.5) is 0 Å². The summed E-state index contributed by atoms with van der Waals surface area (Å²) in [5.74, 6) is 1.32. The first kappa shape index (κ1) is 17.4. The van der Waals surface area contributed by atoms with E-state index in [-0.39, 0.29) is 5.91 Å². The van der Waals surface area contributed by atoms with E-state index in [2.05, 4.69) is 22.1 Å². The number of benzene rings is 1. The highest BCUT2D eigenvalue weighted by Gasteiger charge is 2.17. The second-order valence-corrected chi connectivity index (χ2v) is 6.47. The summed E-state index contributed by atoms with van der Waals surface area (Å²) < 4.78 is 5.69. The van der Waals surface area contributed by atoms with E-state index >= 15 is 0 Å². The van der Waals surface area contributed by atoms with E-state index in [1.807, 2.05) is 12.1 Å². The molecule has 1 aromatic carbocycles. The van der Waals surface area contributed by atoms with E-state index in [1.165, 1.54) is 19.3 Å². The van der Waals surface area contributed by atoms with Gasteiger partial charge in [0.25, 0.3) is 5.91 Å². The van der Waals surface area contributed by atoms with Gasteiger partial charge in [-0.15, -0.1) is 0 Å². The lowest BCUT2D eigenvalue weighted by molar-refractivity contribution is 0.0930. The Morgan fingerprint density at radius 2 is 1.92 bits per heavy atom. The van der Waals surface area contributed by atoms with E-state index < -0.39 is 0 Å². The molecule has 5 nitrogen and oxygen atoms in total. The van der Waals surface area contributed by atoms with Crippen molar-refractivity contribution in [3.8, 4) is 11.5 Å². The zero-order valence-corrected chi connectivity index (χ0v) is 14.6. The van der Waals surface area contributed by atoms with E-state index in [4.69, 9.17) is 4.74 Å². The van der Waals surface area contributed by atoms with Crippen LogP contribution in [0.2, 0.25) is 0 Å². The lowest BCUT2D eigenvalue weighted by atomic mass is 10.1. The Bertz CT molecular complexity index is 667. The number of hydrogen-bond acceptors (Lipinski definition) is 4. The Morgan fingerprint density at radius 3 is 2.60 bits per heavy atom. The maximum absolute atomic E-state index is 12.3. The second-order valence-electron chi connectivity index (χ2n) is 6.47. The van der Waals surface area contributed by atoms with Crippen LogP contribution in [-0.4, -0.2) is 41.5 Å². The molecule has 0 spiro atoms. The minimum atomic E-state index is -0.0446. The van der Waals surface area contributed by atoms with E-state index in [9.17, 15) is 4.79 Å². The molecule has 3 rings (SSSR count). The number of pyridine rings is 1. The fourth-order valence-corrected chi connectivity index (χ4v) is 3.05. The zero-order valence-electron chi connectivity index (χ0n) is 14.6. The summed E-state index contributed by atoms with van der Waals surface area (Å²) in [5, 5.41) is 3.03. The van der Waals surface area contributed by atoms with Gasteiger partial charge < -0.3 is 10.1 Å². The van der Waals surface area contributed by atoms with Crippen LogP contribution in [0.15, 0.2) is 48.8 Å². The monoisotopic (exact) mass is 339 g/mol. The number of aromatic nitrogens is 1. The Labute approximate surface area is 149 Å². The number of rotatable bonds is 6. The van der Waals surface area contributed by atoms with Gasteiger partial charge in [-0.1, -0.05) is 6.42 Å². The summed E-state index contributed by atoms with van der Waals surface area (Å²) in [6.07, 6.45) is 7.20. The fourth-order valence-electron chi connectivity index (χ4n) is 3.05. The van der Waals surface area contributed by atoms with Crippen LogP contribution in [0.1, 0.15) is 36.5 Å². The van der Waals surface area contributed by atoms with Gasteiger partial charge in [0, 0.05) is 24.3 Å². The number of carbonyl (C=O) groups excluding carboxylic acids is 1. The van der Waals surface area contributed by atoms with E-state index in [0.717, 1.165) is 13.1 Å². The number of hydrogen-bond donors (Lipinski definition) is 1. The molecule has 1 aromatic heterocycles. The smallest absolute Gasteiger partial charge is 0.251 e. The van der Waals surface area contributed by atoms with Crippen LogP contribution < -0.4 is 10.1 Å². The highest BCUT2D eigenvalue weighted by atomic mass is 16.5. The van der Waals surface area contributed by atoms with Crippen molar-refractivity contribution in [3.63, 3.8) is 0 Å². The number of nitrogens with zero attached hydrogens (tertiary/aromatic N) is 2. The van der Waals surface area contributed by atoms with E-state index in [1.54, 1.807) is 36.7 Å². The molecule has 1 fully saturated rings. The van der Waals surface area contributed by atoms with Gasteiger partial charge in [0.15, 0.2) is 0 Å². The number of likely N-dealkylation sites (tertiary alicyclic amines) is 1. The maximum Gasteiger partial charge on any atom is 0.251 e. The van der Waals surface area contributed by atoms with Crippen molar-refractivity contribution in [1.82, 2.24) is 15.2 Å². The van der Waals surface area contributed by atoms with Crippen molar-refractivity contribution >= 4 is 5.91 Å². The molecule has 2 aromatic rings. The molecule has 1 saturated heterocycles. The van der Waals surface area contributed by atoms with Crippen molar-refractivity contribution in [3.05, 3.63) is 54.4 Å². The second kappa shape index (κ2) is 8.62. The van der Waals surface area contributed by atoms with Gasteiger partial charge in [-0.25, -0.2) is 0 Å². The first-order chi connectivity index (χ1) is 12.2. The molecular weight excluding hydrogens is 314 g/mol. The summed E-state index contributed by atoms with van der Waals surface area (Å²) in [5.41, 5.74) is 0.643. The molecule has 0 saturated carbocycles. The van der Waals surface area contributed by atoms with Crippen molar-refractivity contribution in [2.24, 2.45) is 0 Å². The molecule has 0 bridgehead atoms. The maximum atomic E-state index is 12.3. The SMILES string of the molecule is C[C@@H](CNC(=O)c1ccc(Oc2cccnc2)cc1)N1CCCCC1. The molecule has 1 amide bonds. The van der Waals surface area contributed by atoms with Crippen molar-refractivity contribution in [2.75, 3.05) is 19.6 Å². The topological polar surface area (TPSA) is 54.5 Å². The van der Waals surface area contributed by atoms with Crippen molar-refractivity contribution < 1.29 is 9.53 Å². The first-order valence-corrected chi connectivity index (χ1v) is 8.92. The summed E-state index contributed by atoms with van der Waals surface area (Å²) in [4.78, 5) is 18.8. The van der Waals surface area contributed by atoms with Crippen LogP contribution >= 0.6 is 0 Å². The van der Waals surface area contributed by atoms with E-state index in [0.29, 0.717) is 29.6 Å². The summed E-state index contributed by atoms with van der Waals surface area (Å²) in [7, 11) is 0. The van der Waals surface area contributed by atoms with Crippen LogP contribution in [-0.2, 0) is 0 Å². The molecule has 1 aliphatic rings. The predicted molar refractivity (Wildman–Crippen MR) is 98.0 cm³/mol. The van der Waals surface area contributed by atoms with Gasteiger partial charge in [0.05, 0.1) is 6.20 Å². The van der Waals surface area contributed by atoms with Gasteiger partial charge in [0.1, 0.15) is 11.5 Å². The summed E-state index contributed by atoms with van der Waals surface area (Å²) in [6.45, 7) is 5.12. The standard InChI is InChI=1S/C20H25N3O2/c1-16(23-12-3-2-4-13-23)14-22-20(24)17-7-9-18(10-8-17)25-19-6-5-11-21-15-19/h5-11,15-16H,2-4,12-14H2,1H3,(H,22,24)/t16-/m0/s1. The average Bonchev–Trinajstić information content (AvgIpc) is 2.68. The number of carbonyl (C=O) groups is 1. The number of ether oxygens (including phenoxy) is 1. The molecule has 1 N–H and O–H groups in total. The molecule has 25 heavy (non-hydrogen) atoms. The van der Waals surface area contributed by atoms with Crippen LogP contribution in [0.25, 0.3) is 0 Å². The van der Waals surface area contributed by atoms with Gasteiger partial charge >= 0.3 is 0 Å². The van der Waals surface area contributed by atoms with Gasteiger partial charge in [-0.3, -0.25) is 14.7 Å². The van der Waals surface area contributed by atoms with Crippen LogP contribution in [0, 0.1) is 0 Å². The molecule has 0 radical (unpaired) electrons. The summed E-state index contributed by atoms with van der Waals surface area (Å²) >= 11 is 0. The largest absolute Gasteiger partial charge is 0.456 e. The van der Waals surface area contributed by atoms with Crippen LogP contribution in [0.3, 0.4) is 0 Å². The van der Waals surface area contributed by atoms with Crippen molar-refractivity contribution in [2.45, 2.75) is 32.2 Å². The molecular formula is C20H25N3O2. The Kier molecular flexibility index (Phi) is 6.01. The minimum absolute atomic E-state index is 0.0446. The Balaban J connectivity index is 1.50. The number of nitrogens with one attached hydrogen (secondary N) is 1. The third-order valence-electron chi connectivity index (χ3n) is 4.56. The quantitative estimate of drug-likeness (QED) is 0.875. The third kappa shape index (κ3) is 5.03. The molecule has 1 aliphatic heterocycles. The molecule has 2 heterocycles. The molecule has 0 aliphatic carbocycles. The molecule has 5 heteroatoms. The first-order valence-electron chi connectivity index (χ1n) is 8.92. The van der Waals surface area contributed by atoms with Gasteiger partial charge in [-0.05, 0) is 69.3 Å². The highest BCUT2D eigenvalue weighted by Crippen LogP contribution is 2.20. The summed E-state index contributed by atoms with van der Waals surface area (Å²) in [6, 6.07) is 11.2. The lowest BCUT2D eigenvalue weighted by Gasteiger charge is -2.32. The van der Waals surface area contributed by atoms with Gasteiger partial charge in [0.2, 0.25) is 0 Å². The molecule has 0 unspecified atom stereocenters. The lowest BCUT2D eigenvalue weighted by Crippen LogP contribution is -2.44. The third-order valence-corrected chi connectivity index (χ3v) is 4.56. The Hall–Kier alpha value is -2.40. The Morgan fingerprint density at radius 1 is 1.16 bits per heavy atom. The average molecular weight is 339 g/mol. The minimum Gasteiger partial charge on any atom is -0.456 e. The predicted octanol–water partition coefficient (Wildman–Crippen LogP) is 3.48. The number of amides is 1.